The predicted octanol–water partition coefficient (Wildman–Crippen LogP) is 3.68. The first-order valence-electron chi connectivity index (χ1n) is 6.36. The molecule has 0 aliphatic carbocycles. The van der Waals surface area contributed by atoms with Gasteiger partial charge in [-0.1, -0.05) is 40.7 Å². The maximum Gasteiger partial charge on any atom is 0.207 e. The highest BCUT2D eigenvalue weighted by atomic mass is 19.1. The minimum absolute atomic E-state index is 0.133. The van der Waals surface area contributed by atoms with Crippen molar-refractivity contribution < 1.29 is 9.18 Å². The third-order valence-corrected chi connectivity index (χ3v) is 3.65. The molecule has 0 spiro atoms. The minimum Gasteiger partial charge on any atom is -0.359 e. The maximum absolute atomic E-state index is 13.6. The SMILES string of the molecule is C=C(F)[C@H](CC(C)CC)C(C)(C)CCNC=O. The third kappa shape index (κ3) is 5.85. The number of hydrogen-bond donors (Lipinski definition) is 1. The van der Waals surface area contributed by atoms with E-state index in [1.807, 2.05) is 13.8 Å². The van der Waals surface area contributed by atoms with Crippen LogP contribution >= 0.6 is 0 Å². The van der Waals surface area contributed by atoms with E-state index in [0.29, 0.717) is 18.9 Å². The number of halogens is 1. The Hall–Kier alpha value is -0.860. The molecule has 0 radical (unpaired) electrons. The first-order chi connectivity index (χ1) is 7.85. The summed E-state index contributed by atoms with van der Waals surface area (Å²) in [6.07, 6.45) is 3.31. The molecule has 0 saturated heterocycles. The second-order valence-electron chi connectivity index (χ2n) is 5.56. The Morgan fingerprint density at radius 3 is 2.53 bits per heavy atom. The molecule has 3 heteroatoms. The number of amides is 1. The summed E-state index contributed by atoms with van der Waals surface area (Å²) in [5.74, 6) is 0.123. The predicted molar refractivity (Wildman–Crippen MR) is 70.3 cm³/mol. The number of hydrogen-bond acceptors (Lipinski definition) is 1. The first-order valence-corrected chi connectivity index (χ1v) is 6.36. The van der Waals surface area contributed by atoms with Crippen LogP contribution in [0.15, 0.2) is 12.4 Å². The van der Waals surface area contributed by atoms with Crippen LogP contribution in [0.2, 0.25) is 0 Å². The molecule has 1 unspecified atom stereocenters. The van der Waals surface area contributed by atoms with Gasteiger partial charge in [0.05, 0.1) is 5.83 Å². The van der Waals surface area contributed by atoms with E-state index in [0.717, 1.165) is 19.3 Å². The lowest BCUT2D eigenvalue weighted by Crippen LogP contribution is -2.30. The van der Waals surface area contributed by atoms with Crippen LogP contribution in [0.3, 0.4) is 0 Å². The van der Waals surface area contributed by atoms with Crippen LogP contribution in [-0.4, -0.2) is 13.0 Å². The van der Waals surface area contributed by atoms with Gasteiger partial charge in [-0.25, -0.2) is 4.39 Å². The summed E-state index contributed by atoms with van der Waals surface area (Å²) in [6, 6.07) is 0. The van der Waals surface area contributed by atoms with Gasteiger partial charge in [-0.15, -0.1) is 0 Å². The van der Waals surface area contributed by atoms with Crippen LogP contribution in [-0.2, 0) is 4.79 Å². The molecule has 0 aliphatic heterocycles. The molecule has 0 fully saturated rings. The monoisotopic (exact) mass is 243 g/mol. The molecule has 1 N–H and O–H groups in total. The summed E-state index contributed by atoms with van der Waals surface area (Å²) >= 11 is 0. The van der Waals surface area contributed by atoms with E-state index in [1.54, 1.807) is 0 Å². The second-order valence-corrected chi connectivity index (χ2v) is 5.56. The Kier molecular flexibility index (Phi) is 7.09. The summed E-state index contributed by atoms with van der Waals surface area (Å²) in [7, 11) is 0. The second kappa shape index (κ2) is 7.46. The molecule has 2 nitrogen and oxygen atoms in total. The molecule has 0 bridgehead atoms. The quantitative estimate of drug-likeness (QED) is 0.485. The van der Waals surface area contributed by atoms with Crippen molar-refractivity contribution >= 4 is 6.41 Å². The van der Waals surface area contributed by atoms with E-state index in [2.05, 4.69) is 25.7 Å². The van der Waals surface area contributed by atoms with Gasteiger partial charge in [0.25, 0.3) is 0 Å². The van der Waals surface area contributed by atoms with Crippen molar-refractivity contribution in [1.29, 1.82) is 0 Å². The van der Waals surface area contributed by atoms with Crippen molar-refractivity contribution in [2.45, 2.75) is 47.0 Å². The number of allylic oxidation sites excluding steroid dienone is 1. The van der Waals surface area contributed by atoms with Crippen molar-refractivity contribution in [3.05, 3.63) is 12.4 Å². The Labute approximate surface area is 105 Å². The van der Waals surface area contributed by atoms with E-state index >= 15 is 0 Å². The average molecular weight is 243 g/mol. The zero-order valence-electron chi connectivity index (χ0n) is 11.6. The smallest absolute Gasteiger partial charge is 0.207 e. The fourth-order valence-corrected chi connectivity index (χ4v) is 2.07. The van der Waals surface area contributed by atoms with Crippen LogP contribution in [0.4, 0.5) is 4.39 Å². The van der Waals surface area contributed by atoms with Crippen molar-refractivity contribution in [3.63, 3.8) is 0 Å². The zero-order chi connectivity index (χ0) is 13.5. The lowest BCUT2D eigenvalue weighted by molar-refractivity contribution is -0.109. The van der Waals surface area contributed by atoms with Gasteiger partial charge in [0.15, 0.2) is 0 Å². The van der Waals surface area contributed by atoms with Gasteiger partial charge in [0.1, 0.15) is 0 Å². The highest BCUT2D eigenvalue weighted by Gasteiger charge is 2.32. The fraction of sp³-hybridized carbons (Fsp3) is 0.786. The molecule has 0 aromatic heterocycles. The Balaban J connectivity index is 4.54. The van der Waals surface area contributed by atoms with Gasteiger partial charge in [-0.05, 0) is 24.2 Å². The van der Waals surface area contributed by atoms with Crippen LogP contribution in [0, 0.1) is 17.3 Å². The largest absolute Gasteiger partial charge is 0.359 e. The summed E-state index contributed by atoms with van der Waals surface area (Å²) < 4.78 is 13.6. The van der Waals surface area contributed by atoms with Crippen molar-refractivity contribution in [3.8, 4) is 0 Å². The fourth-order valence-electron chi connectivity index (χ4n) is 2.07. The lowest BCUT2D eigenvalue weighted by atomic mass is 9.71. The summed E-state index contributed by atoms with van der Waals surface area (Å²) in [4.78, 5) is 10.2. The van der Waals surface area contributed by atoms with Crippen LogP contribution in [0.5, 0.6) is 0 Å². The molecule has 17 heavy (non-hydrogen) atoms. The first kappa shape index (κ1) is 16.1. The highest BCUT2D eigenvalue weighted by molar-refractivity contribution is 5.45. The van der Waals surface area contributed by atoms with Gasteiger partial charge in [0.2, 0.25) is 6.41 Å². The number of nitrogens with one attached hydrogen (secondary N) is 1. The molecular weight excluding hydrogens is 217 g/mol. The third-order valence-electron chi connectivity index (χ3n) is 3.65. The Morgan fingerprint density at radius 2 is 2.12 bits per heavy atom. The van der Waals surface area contributed by atoms with Crippen LogP contribution in [0.1, 0.15) is 47.0 Å². The lowest BCUT2D eigenvalue weighted by Gasteiger charge is -2.35. The van der Waals surface area contributed by atoms with Crippen molar-refractivity contribution in [2.75, 3.05) is 6.54 Å². The Morgan fingerprint density at radius 1 is 1.53 bits per heavy atom. The van der Waals surface area contributed by atoms with Crippen molar-refractivity contribution in [1.82, 2.24) is 5.32 Å². The minimum atomic E-state index is -0.235. The molecule has 0 aromatic rings. The number of rotatable bonds is 9. The summed E-state index contributed by atoms with van der Waals surface area (Å²) in [5, 5.41) is 2.63. The van der Waals surface area contributed by atoms with Crippen molar-refractivity contribution in [2.24, 2.45) is 17.3 Å². The molecule has 0 heterocycles. The van der Waals surface area contributed by atoms with E-state index in [-0.39, 0.29) is 17.2 Å². The van der Waals surface area contributed by atoms with Gasteiger partial charge >= 0.3 is 0 Å². The van der Waals surface area contributed by atoms with Gasteiger partial charge in [-0.2, -0.15) is 0 Å². The number of carbonyl (C=O) groups is 1. The van der Waals surface area contributed by atoms with E-state index in [9.17, 15) is 9.18 Å². The molecule has 0 rings (SSSR count). The Bertz CT molecular complexity index is 251. The summed E-state index contributed by atoms with van der Waals surface area (Å²) in [5.41, 5.74) is -0.175. The standard InChI is InChI=1S/C14H26FNO/c1-6-11(2)9-13(12(3)15)14(4,5)7-8-16-10-17/h10-11,13H,3,6-9H2,1-2,4-5H3,(H,16,17)/t11?,13-/m0/s1. The topological polar surface area (TPSA) is 29.1 Å². The molecular formula is C14H26FNO. The molecule has 0 saturated carbocycles. The normalized spacial score (nSPS) is 15.1. The molecule has 100 valence electrons. The highest BCUT2D eigenvalue weighted by Crippen LogP contribution is 2.40. The summed E-state index contributed by atoms with van der Waals surface area (Å²) in [6.45, 7) is 12.4. The van der Waals surface area contributed by atoms with Gasteiger partial charge < -0.3 is 5.32 Å². The van der Waals surface area contributed by atoms with E-state index in [4.69, 9.17) is 0 Å². The molecule has 1 amide bonds. The molecule has 0 aromatic carbocycles. The maximum atomic E-state index is 13.6. The zero-order valence-corrected chi connectivity index (χ0v) is 11.6. The van der Waals surface area contributed by atoms with E-state index in [1.165, 1.54) is 0 Å². The molecule has 0 aliphatic rings. The van der Waals surface area contributed by atoms with Gasteiger partial charge in [0, 0.05) is 12.5 Å². The van der Waals surface area contributed by atoms with E-state index < -0.39 is 0 Å². The van der Waals surface area contributed by atoms with Crippen LogP contribution < -0.4 is 5.32 Å². The van der Waals surface area contributed by atoms with Crippen LogP contribution in [0.25, 0.3) is 0 Å². The van der Waals surface area contributed by atoms with Gasteiger partial charge in [-0.3, -0.25) is 4.79 Å². The average Bonchev–Trinajstić information content (AvgIpc) is 2.24. The molecule has 2 atom stereocenters. The number of carbonyl (C=O) groups excluding carboxylic acids is 1.